The zero-order valence-corrected chi connectivity index (χ0v) is 24.4. The van der Waals surface area contributed by atoms with E-state index in [1.807, 2.05) is 20.8 Å². The molecule has 1 saturated heterocycles. The number of hydrogen-bond donors (Lipinski definition) is 4. The van der Waals surface area contributed by atoms with Crippen LogP contribution in [-0.4, -0.2) is 60.4 Å². The van der Waals surface area contributed by atoms with Crippen molar-refractivity contribution >= 4 is 41.0 Å². The van der Waals surface area contributed by atoms with Crippen molar-refractivity contribution in [2.75, 3.05) is 6.54 Å². The Hall–Kier alpha value is -3.35. The molecule has 0 aromatic heterocycles. The second-order valence-corrected chi connectivity index (χ2v) is 12.3. The van der Waals surface area contributed by atoms with Crippen molar-refractivity contribution in [3.05, 3.63) is 28.8 Å². The van der Waals surface area contributed by atoms with E-state index in [0.29, 0.717) is 13.0 Å². The highest BCUT2D eigenvalue weighted by molar-refractivity contribution is 6.38. The van der Waals surface area contributed by atoms with Crippen LogP contribution in [0, 0.1) is 11.3 Å². The van der Waals surface area contributed by atoms with Gasteiger partial charge in [-0.05, 0) is 61.6 Å². The lowest BCUT2D eigenvalue weighted by Gasteiger charge is -2.28. The molecule has 2 aliphatic rings. The van der Waals surface area contributed by atoms with Crippen LogP contribution in [0.2, 0.25) is 5.02 Å². The Balaban J connectivity index is 1.71. The van der Waals surface area contributed by atoms with E-state index >= 15 is 0 Å². The van der Waals surface area contributed by atoms with Gasteiger partial charge in [0.2, 0.25) is 23.5 Å². The first kappa shape index (κ1) is 33.2. The Kier molecular flexibility index (Phi) is 10.9. The Morgan fingerprint density at radius 1 is 1.07 bits per heavy atom. The van der Waals surface area contributed by atoms with Crippen molar-refractivity contribution in [2.24, 2.45) is 11.3 Å². The third kappa shape index (κ3) is 10.8. The summed E-state index contributed by atoms with van der Waals surface area (Å²) in [5, 5.41) is 10.5. The monoisotopic (exact) mass is 616 g/mol. The summed E-state index contributed by atoms with van der Waals surface area (Å²) < 4.78 is 42.5. The maximum absolute atomic E-state index is 13.4. The number of ketones is 1. The molecular formula is C28H36ClF3N4O6. The molecule has 1 aromatic rings. The van der Waals surface area contributed by atoms with Gasteiger partial charge in [-0.1, -0.05) is 38.4 Å². The molecular weight excluding hydrogens is 581 g/mol. The number of hydrogen-bond acceptors (Lipinski definition) is 6. The van der Waals surface area contributed by atoms with E-state index < -0.39 is 59.0 Å². The minimum Gasteiger partial charge on any atom is -0.405 e. The second kappa shape index (κ2) is 13.7. The SMILES string of the molecule is CC(C)(C)C[C@H](NC(=O)CCc1ccc(Cl)cc1OC(F)(F)F)C(=O)NC(C[C@@H]1CCNC1=O)C(=O)C(=O)NC1CC1. The number of ether oxygens (including phenoxy) is 1. The number of rotatable bonds is 13. The molecule has 1 unspecified atom stereocenters. The summed E-state index contributed by atoms with van der Waals surface area (Å²) in [6, 6.07) is 1.17. The molecule has 0 radical (unpaired) electrons. The molecule has 1 aliphatic carbocycles. The predicted octanol–water partition coefficient (Wildman–Crippen LogP) is 2.95. The molecule has 14 heteroatoms. The predicted molar refractivity (Wildman–Crippen MR) is 146 cm³/mol. The number of alkyl halides is 3. The normalized spacial score (nSPS) is 18.5. The van der Waals surface area contributed by atoms with E-state index in [1.165, 1.54) is 12.1 Å². The van der Waals surface area contributed by atoms with Crippen LogP contribution in [0.5, 0.6) is 5.75 Å². The summed E-state index contributed by atoms with van der Waals surface area (Å²) in [6.45, 7) is 5.92. The van der Waals surface area contributed by atoms with Crippen LogP contribution >= 0.6 is 11.6 Å². The molecule has 42 heavy (non-hydrogen) atoms. The maximum atomic E-state index is 13.4. The van der Waals surface area contributed by atoms with Gasteiger partial charge >= 0.3 is 6.36 Å². The van der Waals surface area contributed by atoms with Crippen molar-refractivity contribution in [3.63, 3.8) is 0 Å². The fraction of sp³-hybridized carbons (Fsp3) is 0.607. The lowest BCUT2D eigenvalue weighted by atomic mass is 9.87. The topological polar surface area (TPSA) is 143 Å². The summed E-state index contributed by atoms with van der Waals surface area (Å²) >= 11 is 5.80. The number of halogens is 4. The molecule has 3 rings (SSSR count). The molecule has 1 aromatic carbocycles. The van der Waals surface area contributed by atoms with E-state index in [0.717, 1.165) is 18.9 Å². The van der Waals surface area contributed by atoms with Gasteiger partial charge in [0, 0.05) is 29.9 Å². The largest absolute Gasteiger partial charge is 0.573 e. The molecule has 232 valence electrons. The van der Waals surface area contributed by atoms with Crippen molar-refractivity contribution in [3.8, 4) is 5.75 Å². The van der Waals surface area contributed by atoms with Crippen LogP contribution in [-0.2, 0) is 30.4 Å². The zero-order valence-electron chi connectivity index (χ0n) is 23.7. The molecule has 1 aliphatic heterocycles. The average Bonchev–Trinajstić information content (AvgIpc) is 3.59. The molecule has 0 bridgehead atoms. The van der Waals surface area contributed by atoms with Crippen molar-refractivity contribution < 1.29 is 41.9 Å². The number of amides is 4. The van der Waals surface area contributed by atoms with Crippen molar-refractivity contribution in [1.82, 2.24) is 21.3 Å². The quantitative estimate of drug-likeness (QED) is 0.251. The van der Waals surface area contributed by atoms with Crippen molar-refractivity contribution in [2.45, 2.75) is 90.2 Å². The highest BCUT2D eigenvalue weighted by Crippen LogP contribution is 2.30. The van der Waals surface area contributed by atoms with Crippen LogP contribution in [0.1, 0.15) is 64.9 Å². The molecule has 1 saturated carbocycles. The lowest BCUT2D eigenvalue weighted by Crippen LogP contribution is -2.55. The van der Waals surface area contributed by atoms with Gasteiger partial charge in [-0.25, -0.2) is 0 Å². The lowest BCUT2D eigenvalue weighted by molar-refractivity contribution is -0.274. The average molecular weight is 617 g/mol. The Bertz CT molecular complexity index is 1200. The fourth-order valence-corrected chi connectivity index (χ4v) is 4.75. The summed E-state index contributed by atoms with van der Waals surface area (Å²) in [5.41, 5.74) is -0.376. The van der Waals surface area contributed by atoms with Gasteiger partial charge in [-0.2, -0.15) is 0 Å². The van der Waals surface area contributed by atoms with Gasteiger partial charge in [0.1, 0.15) is 11.8 Å². The first-order chi connectivity index (χ1) is 19.5. The molecule has 1 heterocycles. The summed E-state index contributed by atoms with van der Waals surface area (Å²) in [5.74, 6) is -4.46. The number of aryl methyl sites for hydroxylation is 1. The van der Waals surface area contributed by atoms with Crippen LogP contribution in [0.15, 0.2) is 18.2 Å². The van der Waals surface area contributed by atoms with Crippen LogP contribution in [0.4, 0.5) is 13.2 Å². The number of benzene rings is 1. The van der Waals surface area contributed by atoms with Gasteiger partial charge in [0.15, 0.2) is 0 Å². The minimum absolute atomic E-state index is 0.0226. The fourth-order valence-electron chi connectivity index (χ4n) is 4.59. The van der Waals surface area contributed by atoms with Crippen molar-refractivity contribution in [1.29, 1.82) is 0 Å². The third-order valence-corrected chi connectivity index (χ3v) is 7.03. The zero-order chi connectivity index (χ0) is 31.2. The number of carbonyl (C=O) groups is 5. The van der Waals surface area contributed by atoms with E-state index in [9.17, 15) is 37.1 Å². The van der Waals surface area contributed by atoms with Crippen LogP contribution in [0.25, 0.3) is 0 Å². The van der Waals surface area contributed by atoms with Crippen LogP contribution < -0.4 is 26.0 Å². The van der Waals surface area contributed by atoms with E-state index in [4.69, 9.17) is 11.6 Å². The standard InChI is InChI=1S/C28H36ClF3N4O6/c1-27(2,3)14-20(35-22(37)9-5-15-4-6-17(29)13-21(15)42-28(30,31)32)25(40)36-19(12-16-10-11-33-24(16)39)23(38)26(41)34-18-7-8-18/h4,6,13,16,18-20H,5,7-12,14H2,1-3H3,(H,33,39)(H,34,41)(H,35,37)(H,36,40)/t16-,19?,20-/m0/s1. The smallest absolute Gasteiger partial charge is 0.405 e. The van der Waals surface area contributed by atoms with Gasteiger partial charge in [0.25, 0.3) is 5.91 Å². The second-order valence-electron chi connectivity index (χ2n) is 11.9. The first-order valence-electron chi connectivity index (χ1n) is 13.8. The molecule has 4 amide bonds. The summed E-state index contributed by atoms with van der Waals surface area (Å²) in [6.07, 6.45) is -3.37. The van der Waals surface area contributed by atoms with E-state index in [-0.39, 0.29) is 48.2 Å². The first-order valence-corrected chi connectivity index (χ1v) is 14.1. The maximum Gasteiger partial charge on any atom is 0.573 e. The van der Waals surface area contributed by atoms with Gasteiger partial charge in [-0.15, -0.1) is 13.2 Å². The molecule has 0 spiro atoms. The van der Waals surface area contributed by atoms with Gasteiger partial charge in [-0.3, -0.25) is 24.0 Å². The van der Waals surface area contributed by atoms with Gasteiger partial charge < -0.3 is 26.0 Å². The summed E-state index contributed by atoms with van der Waals surface area (Å²) in [7, 11) is 0. The molecule has 4 N–H and O–H groups in total. The Labute approximate surface area is 246 Å². The third-order valence-electron chi connectivity index (χ3n) is 6.80. The number of carbonyl (C=O) groups excluding carboxylic acids is 5. The molecule has 3 atom stereocenters. The number of Topliss-reactive ketones (excluding diaryl/α,β-unsaturated/α-hetero) is 1. The summed E-state index contributed by atoms with van der Waals surface area (Å²) in [4.78, 5) is 64.1. The highest BCUT2D eigenvalue weighted by Gasteiger charge is 2.38. The molecule has 2 fully saturated rings. The minimum atomic E-state index is -4.96. The Morgan fingerprint density at radius 3 is 2.33 bits per heavy atom. The Morgan fingerprint density at radius 2 is 1.76 bits per heavy atom. The highest BCUT2D eigenvalue weighted by atomic mass is 35.5. The van der Waals surface area contributed by atoms with E-state index in [2.05, 4.69) is 26.0 Å². The number of nitrogens with one attached hydrogen (secondary N) is 4. The van der Waals surface area contributed by atoms with Gasteiger partial charge in [0.05, 0.1) is 6.04 Å². The van der Waals surface area contributed by atoms with E-state index in [1.54, 1.807) is 0 Å². The molecule has 10 nitrogen and oxygen atoms in total. The van der Waals surface area contributed by atoms with Crippen LogP contribution in [0.3, 0.4) is 0 Å².